The molecule has 10 heteroatoms. The van der Waals surface area contributed by atoms with Crippen LogP contribution in [-0.4, -0.2) is 65.9 Å². The average molecular weight is 487 g/mol. The molecular formula is C24H27ClN4O5. The number of rotatable bonds is 6. The Morgan fingerprint density at radius 3 is 2.35 bits per heavy atom. The number of aromatic nitrogens is 1. The summed E-state index contributed by atoms with van der Waals surface area (Å²) < 4.78 is 6.28. The molecule has 2 aliphatic rings. The summed E-state index contributed by atoms with van der Waals surface area (Å²) in [6.45, 7) is 5.05. The van der Waals surface area contributed by atoms with Crippen molar-refractivity contribution in [2.75, 3.05) is 37.7 Å². The number of amides is 2. The molecule has 4 rings (SSSR count). The Labute approximate surface area is 202 Å². The first-order valence-corrected chi connectivity index (χ1v) is 11.6. The number of carbonyl (C=O) groups excluding carboxylic acids is 4. The number of carbonyl (C=O) groups is 4. The Balaban J connectivity index is 1.52. The van der Waals surface area contributed by atoms with Crippen molar-refractivity contribution < 1.29 is 23.9 Å². The van der Waals surface area contributed by atoms with Crippen molar-refractivity contribution in [3.05, 3.63) is 51.8 Å². The number of anilines is 1. The van der Waals surface area contributed by atoms with Crippen LogP contribution in [0.4, 0.5) is 10.5 Å². The standard InChI is InChI=1S/C24H27ClN4O5/c1-14-19(15(2)29(24(26)33)20(14)23(32)34-13-16-6-7-16)21(30)22(31)28-10-8-27(9-11-28)18-5-3-4-17(25)12-18/h3-5,12,16H,6-11,13H2,1-2H3,(H2,26,33). The molecule has 34 heavy (non-hydrogen) atoms. The van der Waals surface area contributed by atoms with Crippen LogP contribution in [0.2, 0.25) is 5.02 Å². The number of ketones is 1. The highest BCUT2D eigenvalue weighted by molar-refractivity contribution is 6.43. The third-order valence-corrected chi connectivity index (χ3v) is 6.61. The summed E-state index contributed by atoms with van der Waals surface area (Å²) in [6.07, 6.45) is 1.98. The number of hydrogen-bond donors (Lipinski definition) is 1. The smallest absolute Gasteiger partial charge is 0.355 e. The molecule has 1 saturated carbocycles. The highest BCUT2D eigenvalue weighted by Gasteiger charge is 2.35. The summed E-state index contributed by atoms with van der Waals surface area (Å²) in [5.41, 5.74) is 6.73. The van der Waals surface area contributed by atoms with Gasteiger partial charge in [0, 0.05) is 42.6 Å². The Hall–Kier alpha value is -3.33. The van der Waals surface area contributed by atoms with Crippen molar-refractivity contribution in [2.45, 2.75) is 26.7 Å². The molecule has 0 radical (unpaired) electrons. The van der Waals surface area contributed by atoms with Crippen molar-refractivity contribution >= 4 is 41.0 Å². The van der Waals surface area contributed by atoms with Crippen LogP contribution in [0.15, 0.2) is 24.3 Å². The minimum Gasteiger partial charge on any atom is -0.461 e. The van der Waals surface area contributed by atoms with E-state index in [-0.39, 0.29) is 29.1 Å². The molecule has 1 aromatic carbocycles. The van der Waals surface area contributed by atoms with Gasteiger partial charge in [-0.05, 0) is 56.4 Å². The van der Waals surface area contributed by atoms with Crippen molar-refractivity contribution in [2.24, 2.45) is 11.7 Å². The molecule has 2 N–H and O–H groups in total. The molecule has 2 fully saturated rings. The van der Waals surface area contributed by atoms with Crippen LogP contribution in [-0.2, 0) is 9.53 Å². The fraction of sp³-hybridized carbons (Fsp3) is 0.417. The minimum absolute atomic E-state index is 0.0134. The van der Waals surface area contributed by atoms with E-state index in [1.54, 1.807) is 6.07 Å². The highest BCUT2D eigenvalue weighted by atomic mass is 35.5. The lowest BCUT2D eigenvalue weighted by Crippen LogP contribution is -2.50. The number of Topliss-reactive ketones (excluding diaryl/α,β-unsaturated/α-hetero) is 1. The summed E-state index contributed by atoms with van der Waals surface area (Å²) in [6, 6.07) is 6.54. The van der Waals surface area contributed by atoms with E-state index in [1.807, 2.05) is 18.2 Å². The Morgan fingerprint density at radius 2 is 1.76 bits per heavy atom. The van der Waals surface area contributed by atoms with E-state index in [0.29, 0.717) is 37.1 Å². The molecule has 1 aliphatic heterocycles. The van der Waals surface area contributed by atoms with Gasteiger partial charge in [0.25, 0.3) is 11.7 Å². The Kier molecular flexibility index (Phi) is 6.65. The molecule has 2 aromatic rings. The summed E-state index contributed by atoms with van der Waals surface area (Å²) in [5, 5.41) is 0.627. The van der Waals surface area contributed by atoms with Gasteiger partial charge < -0.3 is 20.3 Å². The number of hydrogen-bond acceptors (Lipinski definition) is 6. The second-order valence-electron chi connectivity index (χ2n) is 8.74. The van der Waals surface area contributed by atoms with Crippen molar-refractivity contribution in [1.29, 1.82) is 0 Å². The zero-order valence-corrected chi connectivity index (χ0v) is 19.9. The summed E-state index contributed by atoms with van der Waals surface area (Å²) >= 11 is 6.08. The largest absolute Gasteiger partial charge is 0.461 e. The minimum atomic E-state index is -0.916. The lowest BCUT2D eigenvalue weighted by atomic mass is 10.0. The summed E-state index contributed by atoms with van der Waals surface area (Å²) in [7, 11) is 0. The average Bonchev–Trinajstić information content (AvgIpc) is 3.60. The van der Waals surface area contributed by atoms with E-state index >= 15 is 0 Å². The molecule has 2 heterocycles. The molecule has 0 spiro atoms. The predicted octanol–water partition coefficient (Wildman–Crippen LogP) is 2.78. The van der Waals surface area contributed by atoms with E-state index in [2.05, 4.69) is 4.90 Å². The van der Waals surface area contributed by atoms with Gasteiger partial charge in [-0.1, -0.05) is 17.7 Å². The number of piperazine rings is 1. The molecule has 9 nitrogen and oxygen atoms in total. The second kappa shape index (κ2) is 9.50. The number of primary amides is 1. The van der Waals surface area contributed by atoms with Gasteiger partial charge >= 0.3 is 12.0 Å². The molecular weight excluding hydrogens is 460 g/mol. The number of nitrogens with zero attached hydrogens (tertiary/aromatic N) is 3. The van der Waals surface area contributed by atoms with E-state index in [9.17, 15) is 19.2 Å². The lowest BCUT2D eigenvalue weighted by Gasteiger charge is -2.35. The van der Waals surface area contributed by atoms with E-state index in [1.165, 1.54) is 18.7 Å². The van der Waals surface area contributed by atoms with Crippen molar-refractivity contribution in [3.63, 3.8) is 0 Å². The molecule has 180 valence electrons. The van der Waals surface area contributed by atoms with Gasteiger partial charge in [-0.25, -0.2) is 9.59 Å². The highest BCUT2D eigenvalue weighted by Crippen LogP contribution is 2.30. The maximum atomic E-state index is 13.2. The maximum Gasteiger partial charge on any atom is 0.355 e. The van der Waals surface area contributed by atoms with Gasteiger partial charge in [-0.3, -0.25) is 14.2 Å². The SMILES string of the molecule is Cc1c(C(=O)C(=O)N2CCN(c3cccc(Cl)c3)CC2)c(C)n(C(N)=O)c1C(=O)OCC1CC1. The number of benzene rings is 1. The first-order valence-electron chi connectivity index (χ1n) is 11.2. The van der Waals surface area contributed by atoms with Crippen LogP contribution < -0.4 is 10.6 Å². The normalized spacial score (nSPS) is 15.9. The number of esters is 1. The van der Waals surface area contributed by atoms with Crippen molar-refractivity contribution in [1.82, 2.24) is 9.47 Å². The number of halogens is 1. The number of nitrogens with two attached hydrogens (primary N) is 1. The monoisotopic (exact) mass is 486 g/mol. The summed E-state index contributed by atoms with van der Waals surface area (Å²) in [4.78, 5) is 54.7. The zero-order valence-electron chi connectivity index (χ0n) is 19.2. The lowest BCUT2D eigenvalue weighted by molar-refractivity contribution is -0.126. The fourth-order valence-electron chi connectivity index (χ4n) is 4.33. The van der Waals surface area contributed by atoms with Gasteiger partial charge in [0.1, 0.15) is 5.69 Å². The Bertz CT molecular complexity index is 1160. The van der Waals surface area contributed by atoms with Crippen LogP contribution in [0, 0.1) is 19.8 Å². The molecule has 2 amide bonds. The van der Waals surface area contributed by atoms with Crippen LogP contribution in [0.1, 0.15) is 44.9 Å². The van der Waals surface area contributed by atoms with E-state index in [4.69, 9.17) is 22.1 Å². The molecule has 1 saturated heterocycles. The van der Waals surface area contributed by atoms with E-state index in [0.717, 1.165) is 23.1 Å². The summed E-state index contributed by atoms with van der Waals surface area (Å²) in [5.74, 6) is -1.86. The van der Waals surface area contributed by atoms with Gasteiger partial charge in [-0.2, -0.15) is 0 Å². The molecule has 0 atom stereocenters. The van der Waals surface area contributed by atoms with Gasteiger partial charge in [0.05, 0.1) is 12.2 Å². The second-order valence-corrected chi connectivity index (χ2v) is 9.17. The number of ether oxygens (including phenoxy) is 1. The first kappa shape index (κ1) is 23.8. The van der Waals surface area contributed by atoms with Crippen LogP contribution in [0.3, 0.4) is 0 Å². The quantitative estimate of drug-likeness (QED) is 0.381. The van der Waals surface area contributed by atoms with Gasteiger partial charge in [-0.15, -0.1) is 0 Å². The van der Waals surface area contributed by atoms with Gasteiger partial charge in [0.15, 0.2) is 0 Å². The predicted molar refractivity (Wildman–Crippen MR) is 126 cm³/mol. The molecule has 1 aliphatic carbocycles. The molecule has 0 bridgehead atoms. The molecule has 0 unspecified atom stereocenters. The molecule has 1 aromatic heterocycles. The van der Waals surface area contributed by atoms with Crippen LogP contribution in [0.25, 0.3) is 0 Å². The van der Waals surface area contributed by atoms with E-state index < -0.39 is 23.7 Å². The topological polar surface area (TPSA) is 115 Å². The van der Waals surface area contributed by atoms with Crippen LogP contribution in [0.5, 0.6) is 0 Å². The van der Waals surface area contributed by atoms with Crippen LogP contribution >= 0.6 is 11.6 Å². The fourth-order valence-corrected chi connectivity index (χ4v) is 4.51. The third kappa shape index (κ3) is 4.65. The zero-order chi connectivity index (χ0) is 24.6. The van der Waals surface area contributed by atoms with Crippen molar-refractivity contribution in [3.8, 4) is 0 Å². The van der Waals surface area contributed by atoms with Gasteiger partial charge in [0.2, 0.25) is 0 Å². The third-order valence-electron chi connectivity index (χ3n) is 6.37. The Morgan fingerprint density at radius 1 is 1.09 bits per heavy atom. The maximum absolute atomic E-state index is 13.2. The first-order chi connectivity index (χ1) is 16.2.